The van der Waals surface area contributed by atoms with E-state index in [4.69, 9.17) is 5.11 Å². The van der Waals surface area contributed by atoms with E-state index in [-0.39, 0.29) is 12.3 Å². The molecule has 1 amide bonds. The summed E-state index contributed by atoms with van der Waals surface area (Å²) in [4.78, 5) is 31.0. The lowest BCUT2D eigenvalue weighted by Crippen LogP contribution is -2.49. The molecule has 8 heteroatoms. The van der Waals surface area contributed by atoms with Gasteiger partial charge in [-0.1, -0.05) is 0 Å². The lowest BCUT2D eigenvalue weighted by atomic mass is 10.2. The number of nitrogens with zero attached hydrogens (tertiary/aromatic N) is 4. The van der Waals surface area contributed by atoms with Gasteiger partial charge < -0.3 is 14.9 Å². The minimum absolute atomic E-state index is 0.0470. The van der Waals surface area contributed by atoms with Crippen LogP contribution in [0.15, 0.2) is 0 Å². The average molecular weight is 324 g/mol. The number of carbonyl (C=O) groups excluding carboxylic acids is 1. The van der Waals surface area contributed by atoms with E-state index in [0.717, 1.165) is 24.0 Å². The first-order valence-electron chi connectivity index (χ1n) is 7.71. The second-order valence-corrected chi connectivity index (χ2v) is 6.61. The Kier molecular flexibility index (Phi) is 4.56. The highest BCUT2D eigenvalue weighted by atomic mass is 32.1. The number of carboxylic acids is 1. The largest absolute Gasteiger partial charge is 0.481 e. The zero-order valence-electron chi connectivity index (χ0n) is 12.4. The predicted molar refractivity (Wildman–Crippen MR) is 82.2 cm³/mol. The van der Waals surface area contributed by atoms with Crippen LogP contribution in [-0.4, -0.2) is 57.4 Å². The van der Waals surface area contributed by atoms with Gasteiger partial charge in [0.05, 0.1) is 0 Å². The Hall–Kier alpha value is -1.70. The highest BCUT2D eigenvalue weighted by molar-refractivity contribution is 7.05. The molecule has 2 heterocycles. The Bertz CT molecular complexity index is 550. The number of carbonyl (C=O) groups is 2. The molecule has 2 fully saturated rings. The second-order valence-electron chi connectivity index (χ2n) is 5.82. The smallest absolute Gasteiger partial charge is 0.303 e. The number of amides is 1. The van der Waals surface area contributed by atoms with E-state index < -0.39 is 5.97 Å². The first kappa shape index (κ1) is 15.2. The van der Waals surface area contributed by atoms with Gasteiger partial charge >= 0.3 is 5.97 Å². The number of hydrogen-bond acceptors (Lipinski definition) is 6. The fourth-order valence-electron chi connectivity index (χ4n) is 2.56. The first-order chi connectivity index (χ1) is 10.6. The first-order valence-corrected chi connectivity index (χ1v) is 8.49. The number of rotatable bonds is 6. The second kappa shape index (κ2) is 6.60. The van der Waals surface area contributed by atoms with Crippen LogP contribution in [0, 0.1) is 0 Å². The van der Waals surface area contributed by atoms with Crippen LogP contribution in [0.1, 0.15) is 43.0 Å². The van der Waals surface area contributed by atoms with Crippen molar-refractivity contribution >= 4 is 29.4 Å². The molecule has 120 valence electrons. The van der Waals surface area contributed by atoms with E-state index >= 15 is 0 Å². The molecule has 0 atom stereocenters. The highest BCUT2D eigenvalue weighted by Crippen LogP contribution is 2.41. The Labute approximate surface area is 133 Å². The van der Waals surface area contributed by atoms with Crippen molar-refractivity contribution in [3.05, 3.63) is 5.01 Å². The SMILES string of the molecule is O=C(O)CCCC(=O)N1CCN(c2nsc(C3CC3)n2)CC1. The fraction of sp³-hybridized carbons (Fsp3) is 0.714. The molecule has 1 aliphatic heterocycles. The molecule has 1 saturated carbocycles. The molecule has 1 aliphatic carbocycles. The van der Waals surface area contributed by atoms with Crippen molar-refractivity contribution in [2.75, 3.05) is 31.1 Å². The number of hydrogen-bond donors (Lipinski definition) is 1. The van der Waals surface area contributed by atoms with Gasteiger partial charge in [-0.3, -0.25) is 9.59 Å². The summed E-state index contributed by atoms with van der Waals surface area (Å²) in [7, 11) is 0. The van der Waals surface area contributed by atoms with Crippen LogP contribution < -0.4 is 4.90 Å². The van der Waals surface area contributed by atoms with Crippen molar-refractivity contribution in [3.63, 3.8) is 0 Å². The summed E-state index contributed by atoms with van der Waals surface area (Å²) in [5.74, 6) is 0.623. The van der Waals surface area contributed by atoms with Crippen LogP contribution in [0.25, 0.3) is 0 Å². The molecule has 0 radical (unpaired) electrons. The summed E-state index contributed by atoms with van der Waals surface area (Å²) < 4.78 is 4.43. The molecule has 2 aliphatic rings. The Morgan fingerprint density at radius 3 is 2.55 bits per heavy atom. The fourth-order valence-corrected chi connectivity index (χ4v) is 3.40. The van der Waals surface area contributed by atoms with Crippen molar-refractivity contribution in [2.24, 2.45) is 0 Å². The molecule has 1 N–H and O–H groups in total. The normalized spacial score (nSPS) is 18.5. The lowest BCUT2D eigenvalue weighted by Gasteiger charge is -2.34. The molecular formula is C14H20N4O3S. The van der Waals surface area contributed by atoms with Gasteiger partial charge in [0, 0.05) is 44.9 Å². The standard InChI is InChI=1S/C14H20N4O3S/c19-11(2-1-3-12(20)21)17-6-8-18(9-7-17)14-15-13(22-16-14)10-4-5-10/h10H,1-9H2,(H,20,21). The molecule has 0 bridgehead atoms. The quantitative estimate of drug-likeness (QED) is 0.849. The molecule has 0 aromatic carbocycles. The number of aliphatic carboxylic acids is 1. The lowest BCUT2D eigenvalue weighted by molar-refractivity contribution is -0.137. The molecule has 1 aromatic rings. The van der Waals surface area contributed by atoms with Crippen molar-refractivity contribution in [1.82, 2.24) is 14.3 Å². The summed E-state index contributed by atoms with van der Waals surface area (Å²) >= 11 is 1.50. The van der Waals surface area contributed by atoms with Gasteiger partial charge in [0.1, 0.15) is 5.01 Å². The maximum absolute atomic E-state index is 12.0. The van der Waals surface area contributed by atoms with Crippen LogP contribution in [0.5, 0.6) is 0 Å². The van der Waals surface area contributed by atoms with E-state index in [2.05, 4.69) is 14.3 Å². The van der Waals surface area contributed by atoms with Crippen LogP contribution in [0.3, 0.4) is 0 Å². The monoisotopic (exact) mass is 324 g/mol. The maximum atomic E-state index is 12.0. The summed E-state index contributed by atoms with van der Waals surface area (Å²) in [6, 6.07) is 0. The molecule has 0 spiro atoms. The maximum Gasteiger partial charge on any atom is 0.303 e. The van der Waals surface area contributed by atoms with E-state index in [1.165, 1.54) is 24.4 Å². The van der Waals surface area contributed by atoms with Gasteiger partial charge in [-0.05, 0) is 30.8 Å². The molecule has 1 aromatic heterocycles. The molecule has 22 heavy (non-hydrogen) atoms. The van der Waals surface area contributed by atoms with E-state index in [9.17, 15) is 9.59 Å². The van der Waals surface area contributed by atoms with Crippen molar-refractivity contribution in [3.8, 4) is 0 Å². The van der Waals surface area contributed by atoms with E-state index in [0.29, 0.717) is 31.8 Å². The summed E-state index contributed by atoms with van der Waals surface area (Å²) in [5.41, 5.74) is 0. The van der Waals surface area contributed by atoms with Gasteiger partial charge in [0.15, 0.2) is 0 Å². The Balaban J connectivity index is 1.45. The molecular weight excluding hydrogens is 304 g/mol. The average Bonchev–Trinajstić information content (AvgIpc) is 3.24. The predicted octanol–water partition coefficient (Wildman–Crippen LogP) is 1.32. The summed E-state index contributed by atoms with van der Waals surface area (Å²) in [6.07, 6.45) is 3.23. The molecule has 3 rings (SSSR count). The number of anilines is 1. The number of piperazine rings is 1. The number of aromatic nitrogens is 2. The van der Waals surface area contributed by atoms with Gasteiger partial charge in [0.2, 0.25) is 11.9 Å². The van der Waals surface area contributed by atoms with Crippen LogP contribution in [-0.2, 0) is 9.59 Å². The van der Waals surface area contributed by atoms with Crippen LogP contribution in [0.2, 0.25) is 0 Å². The van der Waals surface area contributed by atoms with Crippen molar-refractivity contribution in [2.45, 2.75) is 38.0 Å². The highest BCUT2D eigenvalue weighted by Gasteiger charge is 2.29. The van der Waals surface area contributed by atoms with Gasteiger partial charge in [-0.15, -0.1) is 0 Å². The Morgan fingerprint density at radius 2 is 1.91 bits per heavy atom. The van der Waals surface area contributed by atoms with Gasteiger partial charge in [-0.25, -0.2) is 4.98 Å². The molecule has 1 saturated heterocycles. The zero-order valence-corrected chi connectivity index (χ0v) is 13.2. The van der Waals surface area contributed by atoms with E-state index in [1.807, 2.05) is 4.90 Å². The minimum atomic E-state index is -0.848. The third-order valence-corrected chi connectivity index (χ3v) is 4.92. The molecule has 7 nitrogen and oxygen atoms in total. The minimum Gasteiger partial charge on any atom is -0.481 e. The Morgan fingerprint density at radius 1 is 1.18 bits per heavy atom. The van der Waals surface area contributed by atoms with Crippen LogP contribution >= 0.6 is 11.5 Å². The third-order valence-electron chi connectivity index (χ3n) is 4.05. The van der Waals surface area contributed by atoms with Crippen molar-refractivity contribution < 1.29 is 14.7 Å². The van der Waals surface area contributed by atoms with E-state index in [1.54, 1.807) is 0 Å². The third kappa shape index (κ3) is 3.73. The summed E-state index contributed by atoms with van der Waals surface area (Å²) in [6.45, 7) is 2.80. The van der Waals surface area contributed by atoms with Gasteiger partial charge in [0.25, 0.3) is 0 Å². The zero-order chi connectivity index (χ0) is 15.5. The topological polar surface area (TPSA) is 86.6 Å². The van der Waals surface area contributed by atoms with Crippen LogP contribution in [0.4, 0.5) is 5.95 Å². The molecule has 0 unspecified atom stereocenters. The number of carboxylic acid groups (broad SMARTS) is 1. The summed E-state index contributed by atoms with van der Waals surface area (Å²) in [5, 5.41) is 9.74. The van der Waals surface area contributed by atoms with Gasteiger partial charge in [-0.2, -0.15) is 4.37 Å². The van der Waals surface area contributed by atoms with Crippen molar-refractivity contribution in [1.29, 1.82) is 0 Å².